The van der Waals surface area contributed by atoms with Gasteiger partial charge in [-0.25, -0.2) is 4.98 Å². The van der Waals surface area contributed by atoms with Gasteiger partial charge in [0, 0.05) is 17.4 Å². The Labute approximate surface area is 201 Å². The van der Waals surface area contributed by atoms with E-state index in [9.17, 15) is 14.0 Å². The molecule has 1 aromatic heterocycles. The lowest BCUT2D eigenvalue weighted by Crippen LogP contribution is -2.50. The topological polar surface area (TPSA) is 94.9 Å². The fourth-order valence-corrected chi connectivity index (χ4v) is 4.35. The van der Waals surface area contributed by atoms with Gasteiger partial charge in [0.15, 0.2) is 0 Å². The molecule has 3 N–H and O–H groups in total. The predicted molar refractivity (Wildman–Crippen MR) is 134 cm³/mol. The minimum absolute atomic E-state index is 0.0531. The molecule has 2 saturated carbocycles. The number of hydrogen-bond donors (Lipinski definition) is 3. The first-order valence-electron chi connectivity index (χ1n) is 12.1. The summed E-state index contributed by atoms with van der Waals surface area (Å²) in [4.78, 5) is 30.0. The number of anilines is 1. The lowest BCUT2D eigenvalue weighted by atomic mass is 9.88. The zero-order valence-corrected chi connectivity index (χ0v) is 20.5. The van der Waals surface area contributed by atoms with Crippen molar-refractivity contribution >= 4 is 29.4 Å². The van der Waals surface area contributed by atoms with Crippen LogP contribution in [0.5, 0.6) is 0 Å². The SMILES string of the molecule is CC/C=C\C(=C(C)C)c1ccc(NC(=O)C(NC(=O)/C(C)=C/C=N)C(C2CC2)C2CC2)nc1F. The second-order valence-electron chi connectivity index (χ2n) is 9.47. The van der Waals surface area contributed by atoms with Gasteiger partial charge in [0.25, 0.3) is 0 Å². The molecule has 1 aromatic rings. The molecule has 2 aliphatic carbocycles. The maximum atomic E-state index is 14.9. The van der Waals surface area contributed by atoms with Crippen LogP contribution in [0.2, 0.25) is 0 Å². The molecule has 0 radical (unpaired) electrons. The lowest BCUT2D eigenvalue weighted by molar-refractivity contribution is -0.126. The molecule has 182 valence electrons. The number of carbonyl (C=O) groups is 2. The Morgan fingerprint density at radius 1 is 1.18 bits per heavy atom. The van der Waals surface area contributed by atoms with Crippen LogP contribution in [0.4, 0.5) is 10.2 Å². The van der Waals surface area contributed by atoms with Crippen molar-refractivity contribution < 1.29 is 14.0 Å². The van der Waals surface area contributed by atoms with E-state index in [-0.39, 0.29) is 23.6 Å². The third-order valence-electron chi connectivity index (χ3n) is 6.43. The monoisotopic (exact) mass is 466 g/mol. The maximum Gasteiger partial charge on any atom is 0.248 e. The Balaban J connectivity index is 1.83. The highest BCUT2D eigenvalue weighted by molar-refractivity contribution is 6.02. The van der Waals surface area contributed by atoms with Gasteiger partial charge >= 0.3 is 0 Å². The second kappa shape index (κ2) is 11.4. The zero-order chi connectivity index (χ0) is 24.8. The molecule has 34 heavy (non-hydrogen) atoms. The number of pyridine rings is 1. The lowest BCUT2D eigenvalue weighted by Gasteiger charge is -2.27. The van der Waals surface area contributed by atoms with Gasteiger partial charge in [0.2, 0.25) is 17.8 Å². The van der Waals surface area contributed by atoms with Crippen LogP contribution in [0.1, 0.15) is 65.4 Å². The first-order chi connectivity index (χ1) is 16.3. The van der Waals surface area contributed by atoms with Crippen molar-refractivity contribution in [2.24, 2.45) is 17.8 Å². The van der Waals surface area contributed by atoms with Crippen molar-refractivity contribution in [3.05, 3.63) is 53.0 Å². The van der Waals surface area contributed by atoms with Crippen molar-refractivity contribution in [1.82, 2.24) is 10.3 Å². The van der Waals surface area contributed by atoms with Gasteiger partial charge in [-0.05, 0) is 94.4 Å². The van der Waals surface area contributed by atoms with E-state index in [0.29, 0.717) is 23.0 Å². The minimum Gasteiger partial charge on any atom is -0.340 e. The number of carbonyl (C=O) groups excluding carboxylic acids is 2. The summed E-state index contributed by atoms with van der Waals surface area (Å²) in [7, 11) is 0. The maximum absolute atomic E-state index is 14.9. The van der Waals surface area contributed by atoms with Gasteiger partial charge in [-0.2, -0.15) is 4.39 Å². The van der Waals surface area contributed by atoms with Crippen LogP contribution in [0, 0.1) is 29.1 Å². The molecule has 1 heterocycles. The molecule has 1 atom stereocenters. The fourth-order valence-electron chi connectivity index (χ4n) is 4.35. The second-order valence-corrected chi connectivity index (χ2v) is 9.47. The number of allylic oxidation sites excluding steroid dienone is 5. The smallest absolute Gasteiger partial charge is 0.248 e. The van der Waals surface area contributed by atoms with Crippen LogP contribution in [0.3, 0.4) is 0 Å². The summed E-state index contributed by atoms with van der Waals surface area (Å²) < 4.78 is 14.9. The molecule has 2 fully saturated rings. The van der Waals surface area contributed by atoms with Gasteiger partial charge in [0.05, 0.1) is 0 Å². The number of hydrogen-bond acceptors (Lipinski definition) is 4. The first kappa shape index (κ1) is 25.5. The normalized spacial score (nSPS) is 16.9. The molecule has 0 spiro atoms. The summed E-state index contributed by atoms with van der Waals surface area (Å²) in [6.45, 7) is 7.47. The molecule has 2 amide bonds. The quantitative estimate of drug-likeness (QED) is 0.175. The molecule has 1 unspecified atom stereocenters. The number of halogens is 1. The Morgan fingerprint density at radius 2 is 1.82 bits per heavy atom. The Bertz CT molecular complexity index is 1020. The summed E-state index contributed by atoms with van der Waals surface area (Å²) in [5.74, 6) is -0.414. The highest BCUT2D eigenvalue weighted by Crippen LogP contribution is 2.50. The highest BCUT2D eigenvalue weighted by atomic mass is 19.1. The van der Waals surface area contributed by atoms with Crippen LogP contribution in [-0.2, 0) is 9.59 Å². The molecule has 3 rings (SSSR count). The van der Waals surface area contributed by atoms with E-state index in [1.54, 1.807) is 19.1 Å². The van der Waals surface area contributed by atoms with Crippen LogP contribution in [0.15, 0.2) is 41.5 Å². The zero-order valence-electron chi connectivity index (χ0n) is 20.5. The molecule has 7 heteroatoms. The Morgan fingerprint density at radius 3 is 2.32 bits per heavy atom. The fraction of sp³-hybridized carbons (Fsp3) is 0.481. The van der Waals surface area contributed by atoms with Crippen molar-refractivity contribution in [1.29, 1.82) is 5.41 Å². The van der Waals surface area contributed by atoms with Crippen LogP contribution in [0.25, 0.3) is 5.57 Å². The summed E-state index contributed by atoms with van der Waals surface area (Å²) in [5, 5.41) is 12.8. The number of aromatic nitrogens is 1. The molecule has 0 aromatic carbocycles. The summed E-state index contributed by atoms with van der Waals surface area (Å²) >= 11 is 0. The van der Waals surface area contributed by atoms with Crippen molar-refractivity contribution in [2.75, 3.05) is 5.32 Å². The average molecular weight is 467 g/mol. The van der Waals surface area contributed by atoms with E-state index < -0.39 is 12.0 Å². The summed E-state index contributed by atoms with van der Waals surface area (Å²) in [6, 6.07) is 2.50. The van der Waals surface area contributed by atoms with E-state index in [2.05, 4.69) is 15.6 Å². The van der Waals surface area contributed by atoms with Gasteiger partial charge in [-0.15, -0.1) is 0 Å². The van der Waals surface area contributed by atoms with Crippen molar-refractivity contribution in [2.45, 2.75) is 65.8 Å². The van der Waals surface area contributed by atoms with Gasteiger partial charge in [0.1, 0.15) is 11.9 Å². The molecule has 2 aliphatic rings. The molecular formula is C27H35FN4O2. The Kier molecular flexibility index (Phi) is 8.53. The number of nitrogens with one attached hydrogen (secondary N) is 3. The third-order valence-corrected chi connectivity index (χ3v) is 6.43. The largest absolute Gasteiger partial charge is 0.340 e. The average Bonchev–Trinajstić information content (AvgIpc) is 3.70. The number of nitrogens with zero attached hydrogens (tertiary/aromatic N) is 1. The van der Waals surface area contributed by atoms with E-state index in [4.69, 9.17) is 5.41 Å². The van der Waals surface area contributed by atoms with Crippen LogP contribution in [-0.4, -0.2) is 29.1 Å². The standard InChI is InChI=1S/C27H35FN4O2/c1-5-6-7-20(16(2)3)21-12-13-22(30-25(21)28)31-27(34)24(32-26(33)17(4)14-15-29)23(18-8-9-18)19-10-11-19/h6-7,12-15,18-19,23-24,29H,5,8-11H2,1-4H3,(H,32,33)(H,30,31,34)/b7-6-,17-14+,29-15?. The van der Waals surface area contributed by atoms with E-state index in [1.807, 2.05) is 32.9 Å². The van der Waals surface area contributed by atoms with Crippen molar-refractivity contribution in [3.63, 3.8) is 0 Å². The van der Waals surface area contributed by atoms with Gasteiger partial charge in [-0.1, -0.05) is 24.6 Å². The number of rotatable bonds is 11. The van der Waals surface area contributed by atoms with E-state index >= 15 is 0 Å². The van der Waals surface area contributed by atoms with Crippen molar-refractivity contribution in [3.8, 4) is 0 Å². The molecule has 6 nitrogen and oxygen atoms in total. The highest BCUT2D eigenvalue weighted by Gasteiger charge is 2.48. The molecular weight excluding hydrogens is 431 g/mol. The Hall–Kier alpha value is -3.09. The predicted octanol–water partition coefficient (Wildman–Crippen LogP) is 5.44. The van der Waals surface area contributed by atoms with Crippen LogP contribution >= 0.6 is 0 Å². The minimum atomic E-state index is -0.730. The molecule has 0 saturated heterocycles. The molecule has 0 bridgehead atoms. The summed E-state index contributed by atoms with van der Waals surface area (Å²) in [5.41, 5.74) is 2.48. The van der Waals surface area contributed by atoms with Crippen LogP contribution < -0.4 is 10.6 Å². The third kappa shape index (κ3) is 6.49. The number of amides is 2. The van der Waals surface area contributed by atoms with Gasteiger partial charge < -0.3 is 16.0 Å². The van der Waals surface area contributed by atoms with E-state index in [0.717, 1.165) is 49.5 Å². The van der Waals surface area contributed by atoms with E-state index in [1.165, 1.54) is 6.08 Å². The summed E-state index contributed by atoms with van der Waals surface area (Å²) in [6.07, 6.45) is 11.3. The first-order valence-corrected chi connectivity index (χ1v) is 12.1. The van der Waals surface area contributed by atoms with Gasteiger partial charge in [-0.3, -0.25) is 9.59 Å². The molecule has 0 aliphatic heterocycles.